The van der Waals surface area contributed by atoms with Gasteiger partial charge in [-0.1, -0.05) is 36.0 Å². The van der Waals surface area contributed by atoms with Crippen molar-refractivity contribution in [1.82, 2.24) is 9.80 Å². The van der Waals surface area contributed by atoms with Crippen LogP contribution in [0.2, 0.25) is 5.02 Å². The molecule has 0 amide bonds. The van der Waals surface area contributed by atoms with E-state index in [1.165, 1.54) is 6.07 Å². The van der Waals surface area contributed by atoms with Crippen molar-refractivity contribution in [2.24, 2.45) is 5.73 Å². The maximum absolute atomic E-state index is 13.4. The van der Waals surface area contributed by atoms with Gasteiger partial charge in [0, 0.05) is 32.7 Å². The van der Waals surface area contributed by atoms with Gasteiger partial charge < -0.3 is 5.73 Å². The second kappa shape index (κ2) is 6.80. The molecule has 0 radical (unpaired) electrons. The Morgan fingerprint density at radius 3 is 2.65 bits per heavy atom. The zero-order valence-corrected chi connectivity index (χ0v) is 13.1. The lowest BCUT2D eigenvalue weighted by molar-refractivity contribution is 0.118. The van der Waals surface area contributed by atoms with Gasteiger partial charge in [0.1, 0.15) is 5.82 Å². The second-order valence-corrected chi connectivity index (χ2v) is 5.95. The molecule has 1 fully saturated rings. The van der Waals surface area contributed by atoms with Gasteiger partial charge >= 0.3 is 0 Å². The summed E-state index contributed by atoms with van der Waals surface area (Å²) < 4.78 is 13.4. The number of benzene rings is 1. The Labute approximate surface area is 129 Å². The van der Waals surface area contributed by atoms with E-state index < -0.39 is 0 Å². The van der Waals surface area contributed by atoms with Crippen molar-refractivity contribution in [3.8, 4) is 0 Å². The molecular formula is C14H19ClFN3S. The van der Waals surface area contributed by atoms with E-state index in [1.54, 1.807) is 6.07 Å². The molecule has 0 aromatic heterocycles. The zero-order chi connectivity index (χ0) is 14.7. The fourth-order valence-electron chi connectivity index (χ4n) is 2.40. The van der Waals surface area contributed by atoms with E-state index in [2.05, 4.69) is 9.80 Å². The normalized spacial score (nSPS) is 18.9. The number of rotatable bonds is 4. The molecule has 1 aliphatic heterocycles. The van der Waals surface area contributed by atoms with Crippen LogP contribution in [0.4, 0.5) is 4.39 Å². The summed E-state index contributed by atoms with van der Waals surface area (Å²) in [4.78, 5) is 5.07. The van der Waals surface area contributed by atoms with Crippen LogP contribution in [0.15, 0.2) is 18.2 Å². The number of nitrogens with zero attached hydrogens (tertiary/aromatic N) is 2. The highest BCUT2D eigenvalue weighted by molar-refractivity contribution is 7.80. The Hall–Kier alpha value is -0.750. The van der Waals surface area contributed by atoms with Gasteiger partial charge in [0.05, 0.1) is 16.1 Å². The van der Waals surface area contributed by atoms with E-state index in [0.717, 1.165) is 31.7 Å². The predicted molar refractivity (Wildman–Crippen MR) is 84.5 cm³/mol. The standard InChI is InChI=1S/C14H19ClFN3S/c1-10(14(17)20)19-7-5-18(6-8-19)9-11-3-2-4-12(16)13(11)15/h2-4,10H,5-9H2,1H3,(H2,17,20). The Bertz CT molecular complexity index is 489. The van der Waals surface area contributed by atoms with Crippen LogP contribution >= 0.6 is 23.8 Å². The summed E-state index contributed by atoms with van der Waals surface area (Å²) in [5.41, 5.74) is 6.51. The van der Waals surface area contributed by atoms with Crippen LogP contribution in [0.1, 0.15) is 12.5 Å². The maximum Gasteiger partial charge on any atom is 0.142 e. The molecule has 2 N–H and O–H groups in total. The van der Waals surface area contributed by atoms with Crippen LogP contribution in [-0.2, 0) is 6.54 Å². The van der Waals surface area contributed by atoms with Crippen molar-refractivity contribution in [3.63, 3.8) is 0 Å². The SMILES string of the molecule is CC(C(N)=S)N1CCN(Cc2cccc(F)c2Cl)CC1. The Morgan fingerprint density at radius 1 is 1.40 bits per heavy atom. The third-order valence-electron chi connectivity index (χ3n) is 3.79. The largest absolute Gasteiger partial charge is 0.392 e. The van der Waals surface area contributed by atoms with E-state index in [0.29, 0.717) is 11.5 Å². The smallest absolute Gasteiger partial charge is 0.142 e. The summed E-state index contributed by atoms with van der Waals surface area (Å²) in [7, 11) is 0. The quantitative estimate of drug-likeness (QED) is 0.864. The Balaban J connectivity index is 1.92. The molecule has 2 rings (SSSR count). The molecule has 20 heavy (non-hydrogen) atoms. The first-order valence-corrected chi connectivity index (χ1v) is 7.46. The van der Waals surface area contributed by atoms with Crippen molar-refractivity contribution in [3.05, 3.63) is 34.6 Å². The first kappa shape index (κ1) is 15.6. The molecule has 1 aliphatic rings. The van der Waals surface area contributed by atoms with Crippen molar-refractivity contribution in [1.29, 1.82) is 0 Å². The molecule has 1 atom stereocenters. The summed E-state index contributed by atoms with van der Waals surface area (Å²) in [6.07, 6.45) is 0. The van der Waals surface area contributed by atoms with Gasteiger partial charge in [-0.15, -0.1) is 0 Å². The van der Waals surface area contributed by atoms with Crippen LogP contribution in [0.5, 0.6) is 0 Å². The van der Waals surface area contributed by atoms with E-state index in [-0.39, 0.29) is 16.9 Å². The highest BCUT2D eigenvalue weighted by atomic mass is 35.5. The predicted octanol–water partition coefficient (Wildman–Crippen LogP) is 2.27. The van der Waals surface area contributed by atoms with Gasteiger partial charge in [-0.05, 0) is 18.6 Å². The van der Waals surface area contributed by atoms with E-state index in [1.807, 2.05) is 13.0 Å². The minimum atomic E-state index is -0.357. The Kier molecular flexibility index (Phi) is 5.32. The average Bonchev–Trinajstić information content (AvgIpc) is 2.44. The van der Waals surface area contributed by atoms with Crippen LogP contribution < -0.4 is 5.73 Å². The van der Waals surface area contributed by atoms with Crippen LogP contribution in [0.25, 0.3) is 0 Å². The molecule has 0 spiro atoms. The molecule has 1 saturated heterocycles. The number of thiocarbonyl (C=S) groups is 1. The van der Waals surface area contributed by atoms with E-state index >= 15 is 0 Å². The summed E-state index contributed by atoms with van der Waals surface area (Å²) in [6.45, 7) is 6.32. The van der Waals surface area contributed by atoms with E-state index in [4.69, 9.17) is 29.6 Å². The first-order chi connectivity index (χ1) is 9.49. The topological polar surface area (TPSA) is 32.5 Å². The molecule has 0 aliphatic carbocycles. The third-order valence-corrected chi connectivity index (χ3v) is 4.56. The second-order valence-electron chi connectivity index (χ2n) is 5.10. The monoisotopic (exact) mass is 315 g/mol. The van der Waals surface area contributed by atoms with Crippen LogP contribution in [0, 0.1) is 5.82 Å². The molecular weight excluding hydrogens is 297 g/mol. The number of hydrogen-bond acceptors (Lipinski definition) is 3. The van der Waals surface area contributed by atoms with Crippen molar-refractivity contribution in [2.75, 3.05) is 26.2 Å². The minimum Gasteiger partial charge on any atom is -0.392 e. The average molecular weight is 316 g/mol. The lowest BCUT2D eigenvalue weighted by Gasteiger charge is -2.37. The van der Waals surface area contributed by atoms with Crippen LogP contribution in [0.3, 0.4) is 0 Å². The Morgan fingerprint density at radius 2 is 2.05 bits per heavy atom. The molecule has 1 aromatic carbocycles. The van der Waals surface area contributed by atoms with Gasteiger partial charge in [0.25, 0.3) is 0 Å². The number of piperazine rings is 1. The van der Waals surface area contributed by atoms with Gasteiger partial charge in [0.15, 0.2) is 0 Å². The van der Waals surface area contributed by atoms with Crippen molar-refractivity contribution >= 4 is 28.8 Å². The molecule has 1 aromatic rings. The van der Waals surface area contributed by atoms with Gasteiger partial charge in [-0.25, -0.2) is 4.39 Å². The minimum absolute atomic E-state index is 0.130. The lowest BCUT2D eigenvalue weighted by Crippen LogP contribution is -2.52. The molecule has 110 valence electrons. The van der Waals surface area contributed by atoms with Crippen molar-refractivity contribution < 1.29 is 4.39 Å². The highest BCUT2D eigenvalue weighted by Gasteiger charge is 2.22. The molecule has 0 saturated carbocycles. The van der Waals surface area contributed by atoms with Gasteiger partial charge in [-0.3, -0.25) is 9.80 Å². The fourth-order valence-corrected chi connectivity index (χ4v) is 2.73. The van der Waals surface area contributed by atoms with Crippen molar-refractivity contribution in [2.45, 2.75) is 19.5 Å². The highest BCUT2D eigenvalue weighted by Crippen LogP contribution is 2.21. The molecule has 1 unspecified atom stereocenters. The molecule has 0 bridgehead atoms. The lowest BCUT2D eigenvalue weighted by atomic mass is 10.1. The van der Waals surface area contributed by atoms with Gasteiger partial charge in [-0.2, -0.15) is 0 Å². The summed E-state index contributed by atoms with van der Waals surface area (Å²) in [5.74, 6) is -0.357. The molecule has 6 heteroatoms. The summed E-state index contributed by atoms with van der Waals surface area (Å²) in [5, 5.41) is 0.228. The molecule has 3 nitrogen and oxygen atoms in total. The summed E-state index contributed by atoms with van der Waals surface area (Å²) >= 11 is 11.0. The third kappa shape index (κ3) is 3.67. The number of hydrogen-bond donors (Lipinski definition) is 1. The first-order valence-electron chi connectivity index (χ1n) is 6.67. The molecule has 1 heterocycles. The van der Waals surface area contributed by atoms with Gasteiger partial charge in [0.2, 0.25) is 0 Å². The number of halogens is 2. The fraction of sp³-hybridized carbons (Fsp3) is 0.500. The maximum atomic E-state index is 13.4. The van der Waals surface area contributed by atoms with Crippen LogP contribution in [-0.4, -0.2) is 47.0 Å². The summed E-state index contributed by atoms with van der Waals surface area (Å²) in [6, 6.07) is 5.08. The zero-order valence-electron chi connectivity index (χ0n) is 11.5. The van der Waals surface area contributed by atoms with E-state index in [9.17, 15) is 4.39 Å². The number of nitrogens with two attached hydrogens (primary N) is 1.